The number of carbonyl (C=O) groups excluding carboxylic acids is 2. The van der Waals surface area contributed by atoms with Crippen LogP contribution in [0, 0.1) is 5.82 Å². The van der Waals surface area contributed by atoms with Crippen LogP contribution in [0.5, 0.6) is 5.75 Å². The minimum Gasteiger partial charge on any atom is -0.533 e. The molecular weight excluding hydrogens is 793 g/mol. The second-order valence-corrected chi connectivity index (χ2v) is 21.2. The van der Waals surface area contributed by atoms with Crippen molar-refractivity contribution in [3.8, 4) is 17.0 Å². The smallest absolute Gasteiger partial charge is 0.410 e. The summed E-state index contributed by atoms with van der Waals surface area (Å²) in [5, 5.41) is 4.39. The van der Waals surface area contributed by atoms with Gasteiger partial charge >= 0.3 is 20.4 Å². The molecule has 9 nitrogen and oxygen atoms in total. The Labute approximate surface area is 351 Å². The van der Waals surface area contributed by atoms with Gasteiger partial charge < -0.3 is 24.3 Å². The summed E-state index contributed by atoms with van der Waals surface area (Å²) in [7, 11) is -3.22. The monoisotopic (exact) mass is 839 g/mol. The zero-order valence-electron chi connectivity index (χ0n) is 33.7. The zero-order valence-corrected chi connectivity index (χ0v) is 36.2. The molecule has 5 aromatic rings. The number of amides is 3. The van der Waals surface area contributed by atoms with Gasteiger partial charge in [-0.3, -0.25) is 0 Å². The highest BCUT2D eigenvalue weighted by atomic mass is 35.5. The number of benzene rings is 4. The molecule has 1 unspecified atom stereocenters. The number of aliphatic imine (C=N–C) groups is 1. The lowest BCUT2D eigenvalue weighted by Gasteiger charge is -2.43. The van der Waals surface area contributed by atoms with Crippen LogP contribution in [-0.2, 0) is 4.74 Å². The van der Waals surface area contributed by atoms with Crippen molar-refractivity contribution in [1.82, 2.24) is 14.8 Å². The first kappa shape index (κ1) is 42.4. The van der Waals surface area contributed by atoms with Crippen LogP contribution in [0.25, 0.3) is 11.3 Å². The molecule has 2 heterocycles. The van der Waals surface area contributed by atoms with Gasteiger partial charge in [-0.15, -0.1) is 0 Å². The number of halogens is 3. The maximum atomic E-state index is 16.4. The molecule has 0 radical (unpaired) electrons. The number of hydrogen-bond donors (Lipinski definition) is 1. The predicted octanol–water partition coefficient (Wildman–Crippen LogP) is 10.1. The summed E-state index contributed by atoms with van der Waals surface area (Å²) in [6, 6.07) is 34.2. The van der Waals surface area contributed by atoms with Gasteiger partial charge in [-0.05, 0) is 73.4 Å². The van der Waals surface area contributed by atoms with Gasteiger partial charge in [0.2, 0.25) is 0 Å². The third-order valence-electron chi connectivity index (χ3n) is 9.85. The van der Waals surface area contributed by atoms with Crippen LogP contribution in [0.2, 0.25) is 15.2 Å². The van der Waals surface area contributed by atoms with Crippen LogP contribution in [0.4, 0.5) is 19.7 Å². The summed E-state index contributed by atoms with van der Waals surface area (Å²) < 4.78 is 29.3. The second-order valence-electron chi connectivity index (χ2n) is 16.2. The van der Waals surface area contributed by atoms with E-state index in [0.29, 0.717) is 5.69 Å². The third-order valence-corrected chi connectivity index (χ3v) is 15.4. The first-order valence-electron chi connectivity index (χ1n) is 19.1. The largest absolute Gasteiger partial charge is 0.533 e. The van der Waals surface area contributed by atoms with Crippen LogP contribution < -0.4 is 20.1 Å². The third kappa shape index (κ3) is 9.22. The van der Waals surface area contributed by atoms with Crippen molar-refractivity contribution in [2.75, 3.05) is 25.0 Å². The van der Waals surface area contributed by atoms with E-state index in [2.05, 4.69) is 55.3 Å². The Kier molecular flexibility index (Phi) is 12.7. The van der Waals surface area contributed by atoms with Crippen molar-refractivity contribution in [1.29, 1.82) is 0 Å². The van der Waals surface area contributed by atoms with Gasteiger partial charge in [0.1, 0.15) is 28.2 Å². The Morgan fingerprint density at radius 1 is 0.845 bits per heavy atom. The molecular formula is C45H48Cl2FN5O4Si. The number of anilines is 1. The molecule has 0 spiro atoms. The molecule has 3 amide bonds. The molecule has 0 aliphatic carbocycles. The molecule has 58 heavy (non-hydrogen) atoms. The Hall–Kier alpha value is -5.23. The maximum Gasteiger partial charge on any atom is 0.410 e. The van der Waals surface area contributed by atoms with E-state index in [1.54, 1.807) is 47.4 Å². The first-order valence-corrected chi connectivity index (χ1v) is 21.8. The van der Waals surface area contributed by atoms with Gasteiger partial charge in [-0.25, -0.2) is 19.0 Å². The molecule has 1 aliphatic rings. The Morgan fingerprint density at radius 2 is 1.43 bits per heavy atom. The number of carbonyl (C=O) groups is 2. The number of urea groups is 1. The van der Waals surface area contributed by atoms with Crippen molar-refractivity contribution in [2.24, 2.45) is 4.99 Å². The number of amidine groups is 1. The fraction of sp³-hybridized carbons (Fsp3) is 0.289. The van der Waals surface area contributed by atoms with Gasteiger partial charge in [0, 0.05) is 31.4 Å². The van der Waals surface area contributed by atoms with Crippen LogP contribution in [-0.4, -0.2) is 72.3 Å². The molecule has 1 N–H and O–H groups in total. The summed E-state index contributed by atoms with van der Waals surface area (Å²) in [6.45, 7) is 14.6. The van der Waals surface area contributed by atoms with Crippen LogP contribution in [0.15, 0.2) is 120 Å². The first-order chi connectivity index (χ1) is 27.5. The van der Waals surface area contributed by atoms with Crippen molar-refractivity contribution >= 4 is 65.5 Å². The number of hydrogen-bond acceptors (Lipinski definition) is 5. The fourth-order valence-electron chi connectivity index (χ4n) is 7.24. The molecule has 1 fully saturated rings. The molecule has 1 saturated heterocycles. The number of pyridine rings is 1. The summed E-state index contributed by atoms with van der Waals surface area (Å²) >= 11 is 14.2. The average Bonchev–Trinajstić information content (AvgIpc) is 3.17. The van der Waals surface area contributed by atoms with Crippen molar-refractivity contribution < 1.29 is 23.1 Å². The standard InChI is InChI=1S/C45H48Cl2FN5O4Si/c1-30-29-52(43(55)56-44(2,3)4)26-27-53(30)41(51-42(54)49-31-18-11-8-12-19-31)34-28-35(46)39(50-40(34)47)38-36(48)24-17-25-37(38)57-58(45(5,6)7,32-20-13-9-14-21-32)33-22-15-10-16-23-33/h8-25,28,30H,26-27,29H2,1-7H3,(H,49,54)/b51-41+. The van der Waals surface area contributed by atoms with E-state index in [1.165, 1.54) is 6.07 Å². The molecule has 1 aliphatic heterocycles. The van der Waals surface area contributed by atoms with Crippen LogP contribution in [0.1, 0.15) is 54.0 Å². The SMILES string of the molecule is CC1CN(C(=O)OC(C)(C)C)CCN1/C(=N/C(=O)Nc1ccccc1)c1cc(Cl)c(-c2c(F)cccc2O[Si](c2ccccc2)(c2ccccc2)C(C)(C)C)nc1Cl. The van der Waals surface area contributed by atoms with E-state index in [-0.39, 0.29) is 64.3 Å². The maximum absolute atomic E-state index is 16.4. The van der Waals surface area contributed by atoms with Crippen LogP contribution >= 0.6 is 23.2 Å². The molecule has 0 bridgehead atoms. The van der Waals surface area contributed by atoms with E-state index in [0.717, 1.165) is 10.4 Å². The minimum absolute atomic E-state index is 0.0496. The van der Waals surface area contributed by atoms with Gasteiger partial charge in [0.25, 0.3) is 0 Å². The van der Waals surface area contributed by atoms with E-state index in [1.807, 2.05) is 75.1 Å². The molecule has 302 valence electrons. The van der Waals surface area contributed by atoms with E-state index >= 15 is 4.39 Å². The van der Waals surface area contributed by atoms with Crippen molar-refractivity contribution in [3.05, 3.63) is 137 Å². The summed E-state index contributed by atoms with van der Waals surface area (Å²) in [5.74, 6) is -0.153. The topological polar surface area (TPSA) is 96.4 Å². The lowest BCUT2D eigenvalue weighted by atomic mass is 10.1. The number of para-hydroxylation sites is 1. The average molecular weight is 841 g/mol. The summed E-state index contributed by atoms with van der Waals surface area (Å²) in [6.07, 6.45) is -0.438. The van der Waals surface area contributed by atoms with E-state index in [9.17, 15) is 9.59 Å². The van der Waals surface area contributed by atoms with Gasteiger partial charge in [-0.1, -0.05) is 129 Å². The highest BCUT2D eigenvalue weighted by molar-refractivity contribution is 7.00. The highest BCUT2D eigenvalue weighted by Crippen LogP contribution is 2.43. The summed E-state index contributed by atoms with van der Waals surface area (Å²) in [5.41, 5.74) is 0.247. The molecule has 1 atom stereocenters. The second kappa shape index (κ2) is 17.3. The highest BCUT2D eigenvalue weighted by Gasteiger charge is 2.52. The molecule has 0 saturated carbocycles. The van der Waals surface area contributed by atoms with Crippen molar-refractivity contribution in [3.63, 3.8) is 0 Å². The lowest BCUT2D eigenvalue weighted by molar-refractivity contribution is 0.0134. The zero-order chi connectivity index (χ0) is 41.8. The molecule has 1 aromatic heterocycles. The molecule has 6 rings (SSSR count). The van der Waals surface area contributed by atoms with Crippen molar-refractivity contribution in [2.45, 2.75) is 65.1 Å². The minimum atomic E-state index is -3.22. The predicted molar refractivity (Wildman–Crippen MR) is 234 cm³/mol. The van der Waals surface area contributed by atoms with Crippen LogP contribution in [0.3, 0.4) is 0 Å². The fourth-order valence-corrected chi connectivity index (χ4v) is 12.1. The number of nitrogens with one attached hydrogen (secondary N) is 1. The molecule has 13 heteroatoms. The number of ether oxygens (including phenoxy) is 1. The van der Waals surface area contributed by atoms with Gasteiger partial charge in [0.05, 0.1) is 21.8 Å². The van der Waals surface area contributed by atoms with E-state index < -0.39 is 36.9 Å². The Balaban J connectivity index is 1.44. The number of nitrogens with zero attached hydrogens (tertiary/aromatic N) is 4. The quantitative estimate of drug-likeness (QED) is 0.0759. The Morgan fingerprint density at radius 3 is 1.98 bits per heavy atom. The van der Waals surface area contributed by atoms with E-state index in [4.69, 9.17) is 37.3 Å². The van der Waals surface area contributed by atoms with Gasteiger partial charge in [0.15, 0.2) is 0 Å². The normalized spacial score (nSPS) is 15.2. The summed E-state index contributed by atoms with van der Waals surface area (Å²) in [4.78, 5) is 39.3. The molecule has 4 aromatic carbocycles. The van der Waals surface area contributed by atoms with Gasteiger partial charge in [-0.2, -0.15) is 4.99 Å². The Bertz CT molecular complexity index is 2250. The lowest BCUT2D eigenvalue weighted by Crippen LogP contribution is -2.68. The number of aromatic nitrogens is 1. The number of rotatable bonds is 7. The number of piperazine rings is 1.